The molecule has 0 amide bonds. The number of halogens is 1. The molecule has 0 N–H and O–H groups in total. The fraction of sp³-hybridized carbons (Fsp3) is 0.909. The van der Waals surface area contributed by atoms with Crippen molar-refractivity contribution in [3.05, 3.63) is 0 Å². The van der Waals surface area contributed by atoms with Crippen LogP contribution in [0.3, 0.4) is 0 Å². The van der Waals surface area contributed by atoms with Crippen LogP contribution in [0.15, 0.2) is 0 Å². The lowest BCUT2D eigenvalue weighted by Crippen LogP contribution is -2.44. The van der Waals surface area contributed by atoms with Gasteiger partial charge in [0.1, 0.15) is 12.2 Å². The molecule has 15 heavy (non-hydrogen) atoms. The van der Waals surface area contributed by atoms with Gasteiger partial charge in [-0.15, -0.1) is 0 Å². The Hall–Kier alpha value is -0.280. The molecule has 1 saturated heterocycles. The van der Waals surface area contributed by atoms with Crippen LogP contribution in [0.1, 0.15) is 27.7 Å². The van der Waals surface area contributed by atoms with Gasteiger partial charge in [0.05, 0.1) is 6.10 Å². The van der Waals surface area contributed by atoms with Crippen molar-refractivity contribution < 1.29 is 14.3 Å². The Morgan fingerprint density at radius 3 is 2.40 bits per heavy atom. The second kappa shape index (κ2) is 5.17. The van der Waals surface area contributed by atoms with Crippen LogP contribution in [0, 0.1) is 17.8 Å². The summed E-state index contributed by atoms with van der Waals surface area (Å²) in [6.07, 6.45) is -0.0809. The Morgan fingerprint density at radius 2 is 1.87 bits per heavy atom. The Kier molecular flexibility index (Phi) is 4.41. The number of ether oxygens (including phenoxy) is 2. The second-order valence-corrected chi connectivity index (χ2v) is 4.84. The largest absolute Gasteiger partial charge is 0.463 e. The number of rotatable bonds is 2. The standard InChI is InChI=1S/C11H19ClO3/c1-6-7(2)10(5-14-9(4)13)15-11(12)8(6)3/h6-8,10-11H,5H2,1-4H3/t6-,7-,8?,10?,11-/m0/s1. The van der Waals surface area contributed by atoms with Crippen molar-refractivity contribution in [3.8, 4) is 0 Å². The van der Waals surface area contributed by atoms with Gasteiger partial charge in [-0.1, -0.05) is 32.4 Å². The van der Waals surface area contributed by atoms with E-state index in [4.69, 9.17) is 21.1 Å². The van der Waals surface area contributed by atoms with E-state index in [0.717, 1.165) is 0 Å². The second-order valence-electron chi connectivity index (χ2n) is 4.41. The van der Waals surface area contributed by atoms with Crippen LogP contribution in [0.25, 0.3) is 0 Å². The molecule has 1 aliphatic heterocycles. The molecule has 0 saturated carbocycles. The number of alkyl halides is 1. The van der Waals surface area contributed by atoms with Crippen molar-refractivity contribution in [2.45, 2.75) is 39.4 Å². The molecule has 3 nitrogen and oxygen atoms in total. The van der Waals surface area contributed by atoms with Gasteiger partial charge in [0.15, 0.2) is 0 Å². The quantitative estimate of drug-likeness (QED) is 0.544. The zero-order chi connectivity index (χ0) is 11.6. The average Bonchev–Trinajstić information content (AvgIpc) is 2.18. The minimum absolute atomic E-state index is 0.0809. The van der Waals surface area contributed by atoms with E-state index < -0.39 is 0 Å². The summed E-state index contributed by atoms with van der Waals surface area (Å²) in [7, 11) is 0. The van der Waals surface area contributed by atoms with E-state index in [1.54, 1.807) is 0 Å². The molecule has 0 spiro atoms. The molecule has 1 aliphatic rings. The van der Waals surface area contributed by atoms with E-state index in [9.17, 15) is 4.79 Å². The summed E-state index contributed by atoms with van der Waals surface area (Å²) in [6, 6.07) is 0. The lowest BCUT2D eigenvalue weighted by atomic mass is 9.80. The zero-order valence-electron chi connectivity index (χ0n) is 9.70. The lowest BCUT2D eigenvalue weighted by molar-refractivity contribution is -0.157. The van der Waals surface area contributed by atoms with Crippen molar-refractivity contribution in [1.82, 2.24) is 0 Å². The number of hydrogen-bond acceptors (Lipinski definition) is 3. The third kappa shape index (κ3) is 3.08. The van der Waals surface area contributed by atoms with E-state index in [0.29, 0.717) is 24.4 Å². The van der Waals surface area contributed by atoms with Crippen molar-refractivity contribution in [2.75, 3.05) is 6.61 Å². The summed E-state index contributed by atoms with van der Waals surface area (Å²) < 4.78 is 10.6. The molecule has 4 heteroatoms. The smallest absolute Gasteiger partial charge is 0.302 e. The molecule has 0 radical (unpaired) electrons. The molecule has 2 unspecified atom stereocenters. The van der Waals surface area contributed by atoms with E-state index in [1.165, 1.54) is 6.92 Å². The molecule has 1 fully saturated rings. The first kappa shape index (κ1) is 12.8. The summed E-state index contributed by atoms with van der Waals surface area (Å²) in [5, 5.41) is 0. The highest BCUT2D eigenvalue weighted by Crippen LogP contribution is 2.36. The van der Waals surface area contributed by atoms with Gasteiger partial charge in [-0.2, -0.15) is 0 Å². The summed E-state index contributed by atoms with van der Waals surface area (Å²) in [4.78, 5) is 10.7. The SMILES string of the molecule is CC(=O)OCC1O[C@H](Cl)C(C)[C@@H](C)[C@@H]1C. The summed E-state index contributed by atoms with van der Waals surface area (Å²) >= 11 is 6.07. The highest BCUT2D eigenvalue weighted by Gasteiger charge is 2.38. The number of esters is 1. The number of carbonyl (C=O) groups is 1. The maximum atomic E-state index is 10.7. The predicted octanol–water partition coefficient (Wildman–Crippen LogP) is 2.42. The number of carbonyl (C=O) groups excluding carboxylic acids is 1. The van der Waals surface area contributed by atoms with Gasteiger partial charge in [-0.05, 0) is 17.8 Å². The predicted molar refractivity (Wildman–Crippen MR) is 58.6 cm³/mol. The first-order valence-electron chi connectivity index (χ1n) is 5.36. The van der Waals surface area contributed by atoms with Crippen LogP contribution in [0.5, 0.6) is 0 Å². The minimum Gasteiger partial charge on any atom is -0.463 e. The van der Waals surface area contributed by atoms with Crippen LogP contribution < -0.4 is 0 Å². The third-order valence-corrected chi connectivity index (χ3v) is 3.91. The first-order valence-corrected chi connectivity index (χ1v) is 5.80. The molecular formula is C11H19ClO3. The maximum Gasteiger partial charge on any atom is 0.302 e. The Morgan fingerprint density at radius 1 is 1.27 bits per heavy atom. The Labute approximate surface area is 96.1 Å². The molecule has 1 heterocycles. The van der Waals surface area contributed by atoms with Crippen molar-refractivity contribution >= 4 is 17.6 Å². The molecule has 0 aromatic carbocycles. The molecular weight excluding hydrogens is 216 g/mol. The molecule has 88 valence electrons. The monoisotopic (exact) mass is 234 g/mol. The van der Waals surface area contributed by atoms with Crippen molar-refractivity contribution in [1.29, 1.82) is 0 Å². The fourth-order valence-electron chi connectivity index (χ4n) is 1.86. The highest BCUT2D eigenvalue weighted by molar-refractivity contribution is 6.19. The van der Waals surface area contributed by atoms with Gasteiger partial charge < -0.3 is 9.47 Å². The third-order valence-electron chi connectivity index (χ3n) is 3.41. The van der Waals surface area contributed by atoms with E-state index >= 15 is 0 Å². The van der Waals surface area contributed by atoms with Crippen molar-refractivity contribution in [2.24, 2.45) is 17.8 Å². The zero-order valence-corrected chi connectivity index (χ0v) is 10.5. The molecule has 1 rings (SSSR count). The van der Waals surface area contributed by atoms with Crippen LogP contribution in [-0.4, -0.2) is 24.2 Å². The topological polar surface area (TPSA) is 35.5 Å². The lowest BCUT2D eigenvalue weighted by Gasteiger charge is -2.41. The summed E-state index contributed by atoms with van der Waals surface area (Å²) in [5.74, 6) is 0.884. The molecule has 0 bridgehead atoms. The van der Waals surface area contributed by atoms with E-state index in [2.05, 4.69) is 20.8 Å². The fourth-order valence-corrected chi connectivity index (χ4v) is 2.22. The maximum absolute atomic E-state index is 10.7. The van der Waals surface area contributed by atoms with Gasteiger partial charge in [0, 0.05) is 6.92 Å². The Bertz CT molecular complexity index is 232. The Balaban J connectivity index is 2.54. The van der Waals surface area contributed by atoms with E-state index in [1.807, 2.05) is 0 Å². The summed E-state index contributed by atoms with van der Waals surface area (Å²) in [6.45, 7) is 8.06. The van der Waals surface area contributed by atoms with Crippen LogP contribution in [0.2, 0.25) is 0 Å². The van der Waals surface area contributed by atoms with Gasteiger partial charge in [0.25, 0.3) is 0 Å². The van der Waals surface area contributed by atoms with E-state index in [-0.39, 0.29) is 17.6 Å². The first-order chi connectivity index (χ1) is 6.93. The molecule has 0 aliphatic carbocycles. The van der Waals surface area contributed by atoms with Crippen LogP contribution >= 0.6 is 11.6 Å². The van der Waals surface area contributed by atoms with Gasteiger partial charge >= 0.3 is 5.97 Å². The van der Waals surface area contributed by atoms with Crippen LogP contribution in [-0.2, 0) is 14.3 Å². The van der Waals surface area contributed by atoms with Crippen molar-refractivity contribution in [3.63, 3.8) is 0 Å². The highest BCUT2D eigenvalue weighted by atomic mass is 35.5. The number of hydrogen-bond donors (Lipinski definition) is 0. The molecule has 0 aromatic heterocycles. The van der Waals surface area contributed by atoms with Gasteiger partial charge in [0.2, 0.25) is 0 Å². The molecule has 0 aromatic rings. The van der Waals surface area contributed by atoms with Crippen LogP contribution in [0.4, 0.5) is 0 Å². The van der Waals surface area contributed by atoms with Gasteiger partial charge in [-0.25, -0.2) is 0 Å². The molecule has 5 atom stereocenters. The minimum atomic E-state index is -0.281. The average molecular weight is 235 g/mol. The normalized spacial score (nSPS) is 41.3. The summed E-state index contributed by atoms with van der Waals surface area (Å²) in [5.41, 5.74) is -0.281. The van der Waals surface area contributed by atoms with Gasteiger partial charge in [-0.3, -0.25) is 4.79 Å².